The Balaban J connectivity index is 1.40. The van der Waals surface area contributed by atoms with Crippen LogP contribution in [0, 0.1) is 0 Å². The molecule has 0 fully saturated rings. The van der Waals surface area contributed by atoms with Gasteiger partial charge in [0.15, 0.2) is 0 Å². The molecule has 0 aliphatic carbocycles. The van der Waals surface area contributed by atoms with Crippen LogP contribution in [0.1, 0.15) is 200 Å². The molecule has 63 heavy (non-hydrogen) atoms. The van der Waals surface area contributed by atoms with E-state index in [-0.39, 0.29) is 13.2 Å². The average Bonchev–Trinajstić information content (AvgIpc) is 3.28. The minimum Gasteiger partial charge on any atom is -0.449 e. The molecule has 2 N–H and O–H groups in total. The average molecular weight is 889 g/mol. The molecular formula is C55H85O7P. The molecule has 0 aromatic heterocycles. The van der Waals surface area contributed by atoms with Crippen molar-refractivity contribution in [1.82, 2.24) is 0 Å². The zero-order chi connectivity index (χ0) is 44.7. The fraction of sp³-hybridized carbons (Fsp3) is 0.636. The van der Waals surface area contributed by atoms with Gasteiger partial charge in [0.1, 0.15) is 18.1 Å². The molecule has 1 atom stereocenters. The topological polar surface area (TPSA) is 94.5 Å². The molecule has 0 heterocycles. The summed E-state index contributed by atoms with van der Waals surface area (Å²) in [5.74, 6) is 0.183. The number of phosphoric acid groups is 1. The van der Waals surface area contributed by atoms with Gasteiger partial charge in [-0.1, -0.05) is 254 Å². The molecule has 0 radical (unpaired) electrons. The summed E-state index contributed by atoms with van der Waals surface area (Å²) in [7, 11) is -4.74. The highest BCUT2D eigenvalue weighted by atomic mass is 31.2. The second kappa shape index (κ2) is 31.9. The predicted molar refractivity (Wildman–Crippen MR) is 265 cm³/mol. The molecule has 1 unspecified atom stereocenters. The van der Waals surface area contributed by atoms with E-state index in [1.54, 1.807) is 0 Å². The van der Waals surface area contributed by atoms with Gasteiger partial charge in [0, 0.05) is 17.2 Å². The van der Waals surface area contributed by atoms with E-state index >= 15 is 0 Å². The molecule has 4 rings (SSSR count). The number of hydrogen-bond donors (Lipinski definition) is 2. The Kier molecular flexibility index (Phi) is 26.6. The van der Waals surface area contributed by atoms with Crippen molar-refractivity contribution in [3.8, 4) is 11.5 Å². The number of fused-ring (bicyclic) bond motifs is 2. The normalized spacial score (nSPS) is 12.6. The van der Waals surface area contributed by atoms with Gasteiger partial charge in [0.2, 0.25) is 0 Å². The molecule has 0 saturated heterocycles. The SMILES string of the molecule is CCCCCCCCCCCCCCCCC(COCC(CCCCCCCCCCCCCCC)OP(=O)(O)O)(Oc1cccc2ccccc12)Oc1cccc2ccccc12. The second-order valence-electron chi connectivity index (χ2n) is 18.2. The number of rotatable bonds is 39. The van der Waals surface area contributed by atoms with Crippen molar-refractivity contribution in [2.45, 2.75) is 212 Å². The molecule has 7 nitrogen and oxygen atoms in total. The van der Waals surface area contributed by atoms with E-state index in [4.69, 9.17) is 18.7 Å². The van der Waals surface area contributed by atoms with Gasteiger partial charge in [-0.15, -0.1) is 0 Å². The molecule has 0 aliphatic rings. The first-order valence-corrected chi connectivity index (χ1v) is 27.0. The van der Waals surface area contributed by atoms with Gasteiger partial charge in [0.05, 0.1) is 12.7 Å². The third-order valence-electron chi connectivity index (χ3n) is 12.5. The zero-order valence-corrected chi connectivity index (χ0v) is 40.4. The highest BCUT2D eigenvalue weighted by molar-refractivity contribution is 7.46. The fourth-order valence-corrected chi connectivity index (χ4v) is 9.46. The van der Waals surface area contributed by atoms with Crippen LogP contribution < -0.4 is 9.47 Å². The summed E-state index contributed by atoms with van der Waals surface area (Å²) in [5.41, 5.74) is 0. The van der Waals surface area contributed by atoms with Gasteiger partial charge in [-0.2, -0.15) is 0 Å². The third kappa shape index (κ3) is 22.2. The van der Waals surface area contributed by atoms with Crippen molar-refractivity contribution >= 4 is 29.4 Å². The van der Waals surface area contributed by atoms with Crippen LogP contribution in [0.3, 0.4) is 0 Å². The highest BCUT2D eigenvalue weighted by Gasteiger charge is 2.37. The van der Waals surface area contributed by atoms with Crippen LogP contribution in [0.5, 0.6) is 11.5 Å². The van der Waals surface area contributed by atoms with E-state index < -0.39 is 19.7 Å². The van der Waals surface area contributed by atoms with Crippen LogP contribution in [-0.4, -0.2) is 34.9 Å². The fourth-order valence-electron chi connectivity index (χ4n) is 8.91. The highest BCUT2D eigenvalue weighted by Crippen LogP contribution is 2.40. The van der Waals surface area contributed by atoms with Crippen LogP contribution in [0.25, 0.3) is 21.5 Å². The van der Waals surface area contributed by atoms with E-state index in [0.29, 0.717) is 24.3 Å². The van der Waals surface area contributed by atoms with Crippen LogP contribution >= 0.6 is 7.82 Å². The van der Waals surface area contributed by atoms with E-state index in [0.717, 1.165) is 60.1 Å². The van der Waals surface area contributed by atoms with Gasteiger partial charge in [-0.05, 0) is 35.7 Å². The maximum Gasteiger partial charge on any atom is 0.469 e. The lowest BCUT2D eigenvalue weighted by molar-refractivity contribution is -0.167. The summed E-state index contributed by atoms with van der Waals surface area (Å²) >= 11 is 0. The molecule has 352 valence electrons. The van der Waals surface area contributed by atoms with E-state index in [9.17, 15) is 14.4 Å². The van der Waals surface area contributed by atoms with Crippen molar-refractivity contribution < 1.29 is 33.1 Å². The van der Waals surface area contributed by atoms with Crippen LogP contribution in [0.4, 0.5) is 0 Å². The number of hydrogen-bond acceptors (Lipinski definition) is 5. The molecule has 4 aromatic carbocycles. The number of phosphoric ester groups is 1. The van der Waals surface area contributed by atoms with Crippen LogP contribution in [0.15, 0.2) is 84.9 Å². The molecule has 0 saturated carbocycles. The first-order valence-electron chi connectivity index (χ1n) is 25.5. The van der Waals surface area contributed by atoms with Crippen LogP contribution in [0.2, 0.25) is 0 Å². The Morgan fingerprint density at radius 1 is 0.476 bits per heavy atom. The number of unbranched alkanes of at least 4 members (excludes halogenated alkanes) is 25. The van der Waals surface area contributed by atoms with Crippen molar-refractivity contribution in [3.63, 3.8) is 0 Å². The maximum atomic E-state index is 12.2. The molecule has 0 amide bonds. The molecule has 4 aromatic rings. The van der Waals surface area contributed by atoms with Gasteiger partial charge in [-0.3, -0.25) is 4.52 Å². The van der Waals surface area contributed by atoms with Crippen molar-refractivity contribution in [3.05, 3.63) is 84.9 Å². The lowest BCUT2D eigenvalue weighted by Gasteiger charge is -2.36. The summed E-state index contributed by atoms with van der Waals surface area (Å²) < 4.78 is 38.3. The van der Waals surface area contributed by atoms with Crippen LogP contribution in [-0.2, 0) is 13.8 Å². The second-order valence-corrected chi connectivity index (χ2v) is 19.4. The Morgan fingerprint density at radius 3 is 1.25 bits per heavy atom. The summed E-state index contributed by atoms with van der Waals surface area (Å²) in [6, 6.07) is 28.6. The van der Waals surface area contributed by atoms with Gasteiger partial charge < -0.3 is 24.0 Å². The summed E-state index contributed by atoms with van der Waals surface area (Å²) in [5, 5.41) is 4.10. The lowest BCUT2D eigenvalue weighted by Crippen LogP contribution is -2.47. The number of benzene rings is 4. The Morgan fingerprint density at radius 2 is 0.841 bits per heavy atom. The maximum absolute atomic E-state index is 12.2. The van der Waals surface area contributed by atoms with E-state index in [1.807, 2.05) is 48.5 Å². The van der Waals surface area contributed by atoms with Gasteiger partial charge in [0.25, 0.3) is 5.79 Å². The van der Waals surface area contributed by atoms with E-state index in [2.05, 4.69) is 50.2 Å². The molecule has 0 bridgehead atoms. The summed E-state index contributed by atoms with van der Waals surface area (Å²) in [6.45, 7) is 4.61. The first-order chi connectivity index (χ1) is 30.8. The molecule has 0 spiro atoms. The minimum atomic E-state index is -4.74. The number of ether oxygens (including phenoxy) is 3. The smallest absolute Gasteiger partial charge is 0.449 e. The zero-order valence-electron chi connectivity index (χ0n) is 39.5. The van der Waals surface area contributed by atoms with Gasteiger partial charge >= 0.3 is 7.82 Å². The molecule has 8 heteroatoms. The Hall–Kier alpha value is -2.93. The monoisotopic (exact) mass is 889 g/mol. The molecule has 0 aliphatic heterocycles. The Labute approximate surface area is 382 Å². The summed E-state index contributed by atoms with van der Waals surface area (Å²) in [4.78, 5) is 19.8. The van der Waals surface area contributed by atoms with Crippen molar-refractivity contribution in [2.75, 3.05) is 13.2 Å². The predicted octanol–water partition coefficient (Wildman–Crippen LogP) is 17.0. The summed E-state index contributed by atoms with van der Waals surface area (Å²) in [6.07, 6.45) is 34.1. The molecular weight excluding hydrogens is 804 g/mol. The lowest BCUT2D eigenvalue weighted by atomic mass is 10.0. The van der Waals surface area contributed by atoms with E-state index in [1.165, 1.54) is 135 Å². The third-order valence-corrected chi connectivity index (χ3v) is 13.1. The largest absolute Gasteiger partial charge is 0.469 e. The standard InChI is InChI=1S/C55H85O7P/c1-3-5-7-9-11-13-15-17-19-21-23-25-27-33-45-55(60-53-43-34-38-48-36-29-31-41-51(48)53,61-54-44-35-39-49-37-30-32-42-52(49)54)47-59-46-50(62-63(56,57)58)40-28-26-24-22-20-18-16-14-12-10-8-6-4-2/h29-32,34-39,41-44,50H,3-28,33,40,45-47H2,1-2H3,(H2,56,57,58). The quantitative estimate of drug-likeness (QED) is 0.0262. The van der Waals surface area contributed by atoms with Crippen molar-refractivity contribution in [2.24, 2.45) is 0 Å². The minimum absolute atomic E-state index is 0.0155. The van der Waals surface area contributed by atoms with Gasteiger partial charge in [-0.25, -0.2) is 4.57 Å². The first kappa shape index (κ1) is 52.7. The van der Waals surface area contributed by atoms with Crippen molar-refractivity contribution in [1.29, 1.82) is 0 Å². The Bertz CT molecular complexity index is 1710.